The minimum absolute atomic E-state index is 0.107. The van der Waals surface area contributed by atoms with Crippen molar-refractivity contribution >= 4 is 5.96 Å². The van der Waals surface area contributed by atoms with Gasteiger partial charge in [-0.2, -0.15) is 13.2 Å². The number of guanidine groups is 1. The number of halogens is 3. The van der Waals surface area contributed by atoms with E-state index in [0.717, 1.165) is 0 Å². The molecule has 0 radical (unpaired) electrons. The Hall–Kier alpha value is -2.68. The lowest BCUT2D eigenvalue weighted by Gasteiger charge is -2.24. The van der Waals surface area contributed by atoms with Gasteiger partial charge in [-0.1, -0.05) is 18.2 Å². The molecule has 6 nitrogen and oxygen atoms in total. The maximum absolute atomic E-state index is 12.5. The fraction of sp³-hybridized carbons (Fsp3) is 0.476. The van der Waals surface area contributed by atoms with Gasteiger partial charge in [-0.15, -0.1) is 0 Å². The molecule has 30 heavy (non-hydrogen) atoms. The summed E-state index contributed by atoms with van der Waals surface area (Å²) in [7, 11) is 0. The lowest BCUT2D eigenvalue weighted by molar-refractivity contribution is -0.153. The third-order valence-electron chi connectivity index (χ3n) is 4.34. The van der Waals surface area contributed by atoms with Crippen molar-refractivity contribution in [2.24, 2.45) is 4.99 Å². The van der Waals surface area contributed by atoms with Crippen molar-refractivity contribution in [1.29, 1.82) is 0 Å². The number of aliphatic hydroxyl groups is 1. The molecule has 0 bridgehead atoms. The van der Waals surface area contributed by atoms with Crippen LogP contribution in [0.15, 0.2) is 39.7 Å². The zero-order valence-corrected chi connectivity index (χ0v) is 17.6. The van der Waals surface area contributed by atoms with Gasteiger partial charge in [0.05, 0.1) is 13.1 Å². The average Bonchev–Trinajstić information content (AvgIpc) is 3.01. The first kappa shape index (κ1) is 23.6. The van der Waals surface area contributed by atoms with Crippen molar-refractivity contribution in [3.63, 3.8) is 0 Å². The highest BCUT2D eigenvalue weighted by molar-refractivity contribution is 5.79. The Balaban J connectivity index is 2.09. The minimum atomic E-state index is -4.41. The Bertz CT molecular complexity index is 861. The van der Waals surface area contributed by atoms with E-state index in [1.165, 1.54) is 6.07 Å². The number of hydrogen-bond donors (Lipinski definition) is 3. The van der Waals surface area contributed by atoms with Gasteiger partial charge in [-0.25, -0.2) is 4.99 Å². The van der Waals surface area contributed by atoms with Gasteiger partial charge in [0.1, 0.15) is 22.9 Å². The maximum Gasteiger partial charge on any atom is 0.422 e. The van der Waals surface area contributed by atoms with E-state index in [4.69, 9.17) is 9.15 Å². The van der Waals surface area contributed by atoms with Crippen molar-refractivity contribution in [2.75, 3.05) is 19.7 Å². The lowest BCUT2D eigenvalue weighted by Crippen LogP contribution is -2.44. The molecular weight excluding hydrogens is 399 g/mol. The largest absolute Gasteiger partial charge is 0.484 e. The number of aryl methyl sites for hydroxylation is 2. The second-order valence-electron chi connectivity index (χ2n) is 7.16. The van der Waals surface area contributed by atoms with Crippen LogP contribution in [0.3, 0.4) is 0 Å². The van der Waals surface area contributed by atoms with Crippen molar-refractivity contribution in [1.82, 2.24) is 10.6 Å². The molecule has 0 aliphatic rings. The molecule has 1 atom stereocenters. The molecule has 1 heterocycles. The van der Waals surface area contributed by atoms with Gasteiger partial charge in [0.25, 0.3) is 0 Å². The van der Waals surface area contributed by atoms with Crippen LogP contribution in [-0.2, 0) is 12.1 Å². The van der Waals surface area contributed by atoms with Gasteiger partial charge < -0.3 is 24.9 Å². The fourth-order valence-corrected chi connectivity index (χ4v) is 2.96. The number of hydrogen-bond acceptors (Lipinski definition) is 4. The maximum atomic E-state index is 12.5. The Morgan fingerprint density at radius 3 is 2.50 bits per heavy atom. The van der Waals surface area contributed by atoms with E-state index < -0.39 is 18.4 Å². The van der Waals surface area contributed by atoms with Crippen molar-refractivity contribution < 1.29 is 27.4 Å². The van der Waals surface area contributed by atoms with E-state index in [-0.39, 0.29) is 18.8 Å². The fourth-order valence-electron chi connectivity index (χ4n) is 2.96. The molecule has 2 aromatic rings. The average molecular weight is 427 g/mol. The molecule has 9 heteroatoms. The summed E-state index contributed by atoms with van der Waals surface area (Å²) in [6.45, 7) is 6.63. The van der Waals surface area contributed by atoms with Gasteiger partial charge in [0.2, 0.25) is 0 Å². The van der Waals surface area contributed by atoms with Crippen LogP contribution in [0.5, 0.6) is 5.75 Å². The number of benzene rings is 1. The van der Waals surface area contributed by atoms with Gasteiger partial charge in [-0.05, 0) is 39.8 Å². The normalized spacial score (nSPS) is 14.3. The second-order valence-corrected chi connectivity index (χ2v) is 7.16. The molecule has 0 spiro atoms. The van der Waals surface area contributed by atoms with Gasteiger partial charge in [-0.3, -0.25) is 0 Å². The van der Waals surface area contributed by atoms with E-state index in [0.29, 0.717) is 35.2 Å². The molecule has 2 rings (SSSR count). The number of rotatable bonds is 8. The highest BCUT2D eigenvalue weighted by Crippen LogP contribution is 2.26. The molecule has 0 aliphatic carbocycles. The third-order valence-corrected chi connectivity index (χ3v) is 4.34. The summed E-state index contributed by atoms with van der Waals surface area (Å²) in [5.41, 5.74) is -0.00700. The molecule has 166 valence electrons. The topological polar surface area (TPSA) is 79.0 Å². The molecule has 0 saturated carbocycles. The highest BCUT2D eigenvalue weighted by Gasteiger charge is 2.29. The van der Waals surface area contributed by atoms with E-state index >= 15 is 0 Å². The van der Waals surface area contributed by atoms with Crippen LogP contribution < -0.4 is 15.4 Å². The molecule has 0 saturated heterocycles. The zero-order valence-electron chi connectivity index (χ0n) is 17.6. The van der Waals surface area contributed by atoms with E-state index in [1.54, 1.807) is 38.1 Å². The second kappa shape index (κ2) is 9.88. The molecule has 0 amide bonds. The molecule has 1 unspecified atom stereocenters. The number of furan rings is 1. The number of nitrogens with one attached hydrogen (secondary N) is 2. The molecule has 0 fully saturated rings. The van der Waals surface area contributed by atoms with Crippen molar-refractivity contribution in [3.05, 3.63) is 53.0 Å². The predicted molar refractivity (Wildman–Crippen MR) is 109 cm³/mol. The van der Waals surface area contributed by atoms with Crippen LogP contribution >= 0.6 is 0 Å². The SMILES string of the molecule is CCNC(=NCc1ccccc1OCC(F)(F)F)NCC(C)(O)c1cc(C)oc1C. The van der Waals surface area contributed by atoms with Crippen molar-refractivity contribution in [3.8, 4) is 5.75 Å². The summed E-state index contributed by atoms with van der Waals surface area (Å²) in [6, 6.07) is 8.24. The van der Waals surface area contributed by atoms with E-state index in [2.05, 4.69) is 15.6 Å². The number of alkyl halides is 3. The molecular formula is C21H28F3N3O3. The summed E-state index contributed by atoms with van der Waals surface area (Å²) in [5.74, 6) is 1.89. The van der Waals surface area contributed by atoms with Crippen LogP contribution in [0.2, 0.25) is 0 Å². The van der Waals surface area contributed by atoms with Crippen LogP contribution in [0.4, 0.5) is 13.2 Å². The predicted octanol–water partition coefficient (Wildman–Crippen LogP) is 3.80. The van der Waals surface area contributed by atoms with Crippen LogP contribution in [0, 0.1) is 13.8 Å². The van der Waals surface area contributed by atoms with Gasteiger partial charge in [0.15, 0.2) is 12.6 Å². The van der Waals surface area contributed by atoms with Crippen LogP contribution in [-0.4, -0.2) is 36.9 Å². The number of aliphatic imine (C=N–C) groups is 1. The molecule has 3 N–H and O–H groups in total. The summed E-state index contributed by atoms with van der Waals surface area (Å²) in [6.07, 6.45) is -4.41. The summed E-state index contributed by atoms with van der Waals surface area (Å²) >= 11 is 0. The van der Waals surface area contributed by atoms with Crippen LogP contribution in [0.25, 0.3) is 0 Å². The van der Waals surface area contributed by atoms with Gasteiger partial charge in [0, 0.05) is 17.7 Å². The first-order valence-electron chi connectivity index (χ1n) is 9.61. The Labute approximate surface area is 174 Å². The highest BCUT2D eigenvalue weighted by atomic mass is 19.4. The third kappa shape index (κ3) is 6.98. The first-order chi connectivity index (χ1) is 14.0. The summed E-state index contributed by atoms with van der Waals surface area (Å²) in [4.78, 5) is 4.41. The number of nitrogens with zero attached hydrogens (tertiary/aromatic N) is 1. The standard InChI is InChI=1S/C21H28F3N3O3/c1-5-25-19(27-12-20(4,28)17-10-14(2)30-15(17)3)26-11-16-8-6-7-9-18(16)29-13-21(22,23)24/h6-10,28H,5,11-13H2,1-4H3,(H2,25,26,27). The summed E-state index contributed by atoms with van der Waals surface area (Å²) < 4.78 is 47.8. The smallest absolute Gasteiger partial charge is 0.422 e. The van der Waals surface area contributed by atoms with E-state index in [1.807, 2.05) is 13.8 Å². The zero-order chi connectivity index (χ0) is 22.4. The molecule has 1 aromatic carbocycles. The quantitative estimate of drug-likeness (QED) is 0.441. The van der Waals surface area contributed by atoms with Gasteiger partial charge >= 0.3 is 6.18 Å². The minimum Gasteiger partial charge on any atom is -0.484 e. The van der Waals surface area contributed by atoms with Crippen LogP contribution in [0.1, 0.15) is 36.5 Å². The molecule has 1 aromatic heterocycles. The van der Waals surface area contributed by atoms with Crippen molar-refractivity contribution in [2.45, 2.75) is 46.0 Å². The first-order valence-corrected chi connectivity index (χ1v) is 9.61. The van der Waals surface area contributed by atoms with E-state index in [9.17, 15) is 18.3 Å². The summed E-state index contributed by atoms with van der Waals surface area (Å²) in [5, 5.41) is 17.0. The Kier molecular flexibility index (Phi) is 7.77. The molecule has 0 aliphatic heterocycles. The Morgan fingerprint density at radius 1 is 1.20 bits per heavy atom. The Morgan fingerprint density at radius 2 is 1.90 bits per heavy atom. The lowest BCUT2D eigenvalue weighted by atomic mass is 9.96. The number of para-hydroxylation sites is 1. The number of ether oxygens (including phenoxy) is 1. The monoisotopic (exact) mass is 427 g/mol.